The van der Waals surface area contributed by atoms with Crippen LogP contribution in [0.25, 0.3) is 0 Å². The molecule has 3 rings (SSSR count). The Morgan fingerprint density at radius 1 is 0.875 bits per heavy atom. The first-order valence-electron chi connectivity index (χ1n) is 9.79. The lowest BCUT2D eigenvalue weighted by molar-refractivity contribution is 0.101. The molecule has 0 saturated heterocycles. The normalized spacial score (nSPS) is 11.1. The number of halogens is 1. The molecule has 166 valence electrons. The predicted molar refractivity (Wildman–Crippen MR) is 126 cm³/mol. The van der Waals surface area contributed by atoms with Crippen LogP contribution in [0.4, 0.5) is 11.4 Å². The first kappa shape index (κ1) is 23.5. The number of hydrogen-bond donors (Lipinski definition) is 3. The van der Waals surface area contributed by atoms with Gasteiger partial charge in [0, 0.05) is 22.7 Å². The molecule has 0 atom stereocenters. The minimum atomic E-state index is -3.71. The molecule has 0 unspecified atom stereocenters. The van der Waals surface area contributed by atoms with Crippen molar-refractivity contribution in [2.75, 3.05) is 17.2 Å². The molecule has 0 fully saturated rings. The Labute approximate surface area is 191 Å². The van der Waals surface area contributed by atoms with Crippen molar-refractivity contribution in [2.45, 2.75) is 18.7 Å². The van der Waals surface area contributed by atoms with E-state index in [4.69, 9.17) is 11.6 Å². The summed E-state index contributed by atoms with van der Waals surface area (Å²) in [5, 5.41) is 6.04. The molecule has 0 saturated carbocycles. The number of benzene rings is 3. The number of carbonyl (C=O) groups is 2. The van der Waals surface area contributed by atoms with Crippen molar-refractivity contribution < 1.29 is 18.0 Å². The number of aryl methyl sites for hydroxylation is 1. The maximum atomic E-state index is 13.0. The van der Waals surface area contributed by atoms with Crippen LogP contribution >= 0.6 is 11.6 Å². The molecule has 2 amide bonds. The second kappa shape index (κ2) is 9.95. The van der Waals surface area contributed by atoms with E-state index < -0.39 is 15.9 Å². The van der Waals surface area contributed by atoms with Gasteiger partial charge in [0.25, 0.3) is 11.8 Å². The van der Waals surface area contributed by atoms with Crippen molar-refractivity contribution in [3.63, 3.8) is 0 Å². The minimum absolute atomic E-state index is 0.000531. The second-order valence-corrected chi connectivity index (χ2v) is 9.14. The number of para-hydroxylation sites is 2. The molecule has 0 aromatic heterocycles. The van der Waals surface area contributed by atoms with E-state index in [1.54, 1.807) is 68.4 Å². The quantitative estimate of drug-likeness (QED) is 0.473. The van der Waals surface area contributed by atoms with Crippen LogP contribution in [0.1, 0.15) is 33.2 Å². The van der Waals surface area contributed by atoms with Crippen LogP contribution in [-0.4, -0.2) is 26.8 Å². The number of anilines is 2. The summed E-state index contributed by atoms with van der Waals surface area (Å²) < 4.78 is 27.0. The van der Waals surface area contributed by atoms with E-state index in [1.165, 1.54) is 12.1 Å². The average Bonchev–Trinajstić information content (AvgIpc) is 2.75. The van der Waals surface area contributed by atoms with Gasteiger partial charge in [-0.2, -0.15) is 0 Å². The predicted octanol–water partition coefficient (Wildman–Crippen LogP) is 4.45. The summed E-state index contributed by atoms with van der Waals surface area (Å²) in [5.41, 5.74) is 2.00. The summed E-state index contributed by atoms with van der Waals surface area (Å²) in [4.78, 5) is 25.5. The highest BCUT2D eigenvalue weighted by Crippen LogP contribution is 2.24. The average molecular weight is 472 g/mol. The van der Waals surface area contributed by atoms with Crippen LogP contribution in [0.2, 0.25) is 5.02 Å². The summed E-state index contributed by atoms with van der Waals surface area (Å²) >= 11 is 5.87. The fraction of sp³-hybridized carbons (Fsp3) is 0.130. The first-order chi connectivity index (χ1) is 15.2. The van der Waals surface area contributed by atoms with Crippen molar-refractivity contribution in [1.82, 2.24) is 4.72 Å². The topological polar surface area (TPSA) is 104 Å². The maximum Gasteiger partial charge on any atom is 0.256 e. The summed E-state index contributed by atoms with van der Waals surface area (Å²) in [6.07, 6.45) is 0. The third kappa shape index (κ3) is 5.53. The van der Waals surface area contributed by atoms with Crippen LogP contribution in [0.15, 0.2) is 71.6 Å². The first-order valence-corrected chi connectivity index (χ1v) is 11.6. The number of carbonyl (C=O) groups excluding carboxylic acids is 2. The number of hydrogen-bond acceptors (Lipinski definition) is 4. The van der Waals surface area contributed by atoms with Gasteiger partial charge in [-0.3, -0.25) is 9.59 Å². The van der Waals surface area contributed by atoms with E-state index in [0.29, 0.717) is 27.5 Å². The number of sulfonamides is 1. The zero-order chi connectivity index (χ0) is 23.3. The molecule has 0 radical (unpaired) electrons. The summed E-state index contributed by atoms with van der Waals surface area (Å²) in [6, 6.07) is 17.5. The molecule has 3 aromatic rings. The lowest BCUT2D eigenvalue weighted by Gasteiger charge is -2.14. The molecule has 3 N–H and O–H groups in total. The van der Waals surface area contributed by atoms with E-state index in [9.17, 15) is 18.0 Å². The van der Waals surface area contributed by atoms with Gasteiger partial charge in [0.15, 0.2) is 0 Å². The van der Waals surface area contributed by atoms with Crippen LogP contribution in [0.5, 0.6) is 0 Å². The Morgan fingerprint density at radius 2 is 1.47 bits per heavy atom. The van der Waals surface area contributed by atoms with Crippen molar-refractivity contribution >= 4 is 44.8 Å². The molecule has 0 aliphatic heterocycles. The zero-order valence-corrected chi connectivity index (χ0v) is 19.0. The van der Waals surface area contributed by atoms with Gasteiger partial charge >= 0.3 is 0 Å². The Kier molecular flexibility index (Phi) is 7.29. The molecule has 9 heteroatoms. The van der Waals surface area contributed by atoms with E-state index in [0.717, 1.165) is 0 Å². The van der Waals surface area contributed by atoms with Crippen LogP contribution in [-0.2, 0) is 10.0 Å². The molecule has 0 aliphatic rings. The number of rotatable bonds is 7. The van der Waals surface area contributed by atoms with Gasteiger partial charge in [0.1, 0.15) is 0 Å². The van der Waals surface area contributed by atoms with Crippen LogP contribution < -0.4 is 15.4 Å². The van der Waals surface area contributed by atoms with E-state index in [2.05, 4.69) is 15.4 Å². The molecule has 32 heavy (non-hydrogen) atoms. The van der Waals surface area contributed by atoms with Gasteiger partial charge in [-0.15, -0.1) is 0 Å². The Bertz CT molecular complexity index is 1260. The van der Waals surface area contributed by atoms with E-state index >= 15 is 0 Å². The third-order valence-electron chi connectivity index (χ3n) is 4.63. The molecular weight excluding hydrogens is 450 g/mol. The van der Waals surface area contributed by atoms with Gasteiger partial charge < -0.3 is 10.6 Å². The smallest absolute Gasteiger partial charge is 0.256 e. The fourth-order valence-electron chi connectivity index (χ4n) is 2.97. The van der Waals surface area contributed by atoms with Gasteiger partial charge in [-0.25, -0.2) is 13.1 Å². The van der Waals surface area contributed by atoms with Gasteiger partial charge in [-0.1, -0.05) is 36.7 Å². The lowest BCUT2D eigenvalue weighted by Crippen LogP contribution is -2.24. The Hall–Kier alpha value is -3.20. The van der Waals surface area contributed by atoms with Crippen molar-refractivity contribution in [3.05, 3.63) is 88.4 Å². The van der Waals surface area contributed by atoms with E-state index in [-0.39, 0.29) is 22.9 Å². The highest BCUT2D eigenvalue weighted by atomic mass is 35.5. The second-order valence-electron chi connectivity index (χ2n) is 6.94. The standard InChI is InChI=1S/C23H22ClN3O4S/c1-3-25-32(30,31)18-13-8-15(2)19(14-18)23(29)27-21-7-5-4-6-20(21)26-22(28)16-9-11-17(24)12-10-16/h4-14,25H,3H2,1-2H3,(H,26,28)(H,27,29). The van der Waals surface area contributed by atoms with Crippen molar-refractivity contribution in [2.24, 2.45) is 0 Å². The Balaban J connectivity index is 1.85. The molecule has 0 bridgehead atoms. The Morgan fingerprint density at radius 3 is 2.06 bits per heavy atom. The van der Waals surface area contributed by atoms with Gasteiger partial charge in [0.2, 0.25) is 10.0 Å². The molecule has 3 aromatic carbocycles. The monoisotopic (exact) mass is 471 g/mol. The van der Waals surface area contributed by atoms with Crippen molar-refractivity contribution in [1.29, 1.82) is 0 Å². The lowest BCUT2D eigenvalue weighted by atomic mass is 10.1. The number of nitrogens with one attached hydrogen (secondary N) is 3. The highest BCUT2D eigenvalue weighted by molar-refractivity contribution is 7.89. The summed E-state index contributed by atoms with van der Waals surface area (Å²) in [6.45, 7) is 3.62. The maximum absolute atomic E-state index is 13.0. The fourth-order valence-corrected chi connectivity index (χ4v) is 4.17. The van der Waals surface area contributed by atoms with Gasteiger partial charge in [0.05, 0.1) is 16.3 Å². The van der Waals surface area contributed by atoms with Crippen LogP contribution in [0, 0.1) is 6.92 Å². The zero-order valence-electron chi connectivity index (χ0n) is 17.5. The third-order valence-corrected chi connectivity index (χ3v) is 6.42. The number of amides is 2. The molecule has 7 nitrogen and oxygen atoms in total. The van der Waals surface area contributed by atoms with E-state index in [1.807, 2.05) is 0 Å². The molecule has 0 spiro atoms. The highest BCUT2D eigenvalue weighted by Gasteiger charge is 2.18. The molecule has 0 heterocycles. The minimum Gasteiger partial charge on any atom is -0.320 e. The van der Waals surface area contributed by atoms with Crippen molar-refractivity contribution in [3.8, 4) is 0 Å². The summed E-state index contributed by atoms with van der Waals surface area (Å²) in [5.74, 6) is -0.859. The molecular formula is C23H22ClN3O4S. The largest absolute Gasteiger partial charge is 0.320 e. The van der Waals surface area contributed by atoms with Crippen LogP contribution in [0.3, 0.4) is 0 Å². The molecule has 0 aliphatic carbocycles. The SMILES string of the molecule is CCNS(=O)(=O)c1ccc(C)c(C(=O)Nc2ccccc2NC(=O)c2ccc(Cl)cc2)c1. The van der Waals surface area contributed by atoms with Gasteiger partial charge in [-0.05, 0) is 61.0 Å². The summed E-state index contributed by atoms with van der Waals surface area (Å²) in [7, 11) is -3.71.